The van der Waals surface area contributed by atoms with Crippen LogP contribution in [0.15, 0.2) is 24.3 Å². The predicted octanol–water partition coefficient (Wildman–Crippen LogP) is 1.22. The summed E-state index contributed by atoms with van der Waals surface area (Å²) < 4.78 is 32.5. The first kappa shape index (κ1) is 16.0. The maximum Gasteiger partial charge on any atom is 0.328 e. The van der Waals surface area contributed by atoms with Crippen molar-refractivity contribution < 1.29 is 27.8 Å². The van der Waals surface area contributed by atoms with Crippen molar-refractivity contribution >= 4 is 21.9 Å². The Labute approximate surface area is 117 Å². The number of carbonyl (C=O) groups is 1. The number of carboxylic acids is 1. The zero-order valence-corrected chi connectivity index (χ0v) is 12.0. The summed E-state index contributed by atoms with van der Waals surface area (Å²) in [5.74, 6) is -0.299. The van der Waals surface area contributed by atoms with Gasteiger partial charge in [0.1, 0.15) is 18.1 Å². The summed E-state index contributed by atoms with van der Waals surface area (Å²) in [6.07, 6.45) is 3.47. The second-order valence-electron chi connectivity index (χ2n) is 4.05. The fourth-order valence-corrected chi connectivity index (χ4v) is 1.75. The summed E-state index contributed by atoms with van der Waals surface area (Å²) >= 11 is 0. The topological polar surface area (TPSA) is 89.9 Å². The summed E-state index contributed by atoms with van der Waals surface area (Å²) in [5.41, 5.74) is 0.529. The van der Waals surface area contributed by atoms with Gasteiger partial charge in [-0.3, -0.25) is 0 Å². The van der Waals surface area contributed by atoms with Crippen molar-refractivity contribution in [1.29, 1.82) is 0 Å². The maximum atomic E-state index is 11.0. The van der Waals surface area contributed by atoms with Crippen LogP contribution in [0.3, 0.4) is 0 Å². The molecule has 0 fully saturated rings. The van der Waals surface area contributed by atoms with Crippen molar-refractivity contribution in [1.82, 2.24) is 0 Å². The third kappa shape index (κ3) is 5.75. The van der Waals surface area contributed by atoms with Gasteiger partial charge in [0.2, 0.25) is 0 Å². The third-order valence-electron chi connectivity index (χ3n) is 2.34. The lowest BCUT2D eigenvalue weighted by atomic mass is 10.1. The van der Waals surface area contributed by atoms with Gasteiger partial charge < -0.3 is 14.6 Å². The van der Waals surface area contributed by atoms with E-state index in [2.05, 4.69) is 0 Å². The average Bonchev–Trinajstić information content (AvgIpc) is 2.35. The van der Waals surface area contributed by atoms with Gasteiger partial charge in [-0.1, -0.05) is 0 Å². The number of sulfone groups is 1. The van der Waals surface area contributed by atoms with Crippen molar-refractivity contribution in [2.75, 3.05) is 25.7 Å². The Morgan fingerprint density at radius 1 is 1.40 bits per heavy atom. The van der Waals surface area contributed by atoms with E-state index < -0.39 is 15.8 Å². The Balaban J connectivity index is 2.91. The van der Waals surface area contributed by atoms with E-state index in [1.54, 1.807) is 18.2 Å². The fraction of sp³-hybridized carbons (Fsp3) is 0.308. The molecule has 0 radical (unpaired) electrons. The quantitative estimate of drug-likeness (QED) is 0.761. The number of aliphatic carboxylic acids is 1. The van der Waals surface area contributed by atoms with Crippen LogP contribution >= 0.6 is 0 Å². The lowest BCUT2D eigenvalue weighted by Gasteiger charge is -2.10. The SMILES string of the molecule is COc1ccc(/C=C/C(=O)O)c(OCCS(C)(=O)=O)c1. The van der Waals surface area contributed by atoms with Gasteiger partial charge in [0.25, 0.3) is 0 Å². The molecule has 0 aliphatic rings. The third-order valence-corrected chi connectivity index (χ3v) is 3.25. The van der Waals surface area contributed by atoms with Crippen LogP contribution in [0.25, 0.3) is 6.08 Å². The van der Waals surface area contributed by atoms with Gasteiger partial charge in [-0.25, -0.2) is 13.2 Å². The second-order valence-corrected chi connectivity index (χ2v) is 6.31. The normalized spacial score (nSPS) is 11.5. The number of rotatable bonds is 7. The highest BCUT2D eigenvalue weighted by molar-refractivity contribution is 7.90. The fourth-order valence-electron chi connectivity index (χ4n) is 1.37. The first-order valence-electron chi connectivity index (χ1n) is 5.71. The van der Waals surface area contributed by atoms with E-state index in [4.69, 9.17) is 14.6 Å². The Bertz CT molecular complexity index is 603. The number of carboxylic acid groups (broad SMARTS) is 1. The summed E-state index contributed by atoms with van der Waals surface area (Å²) in [6.45, 7) is -0.0140. The van der Waals surface area contributed by atoms with Crippen LogP contribution in [-0.2, 0) is 14.6 Å². The number of hydrogen-bond acceptors (Lipinski definition) is 5. The minimum atomic E-state index is -3.12. The van der Waals surface area contributed by atoms with Gasteiger partial charge >= 0.3 is 5.97 Å². The molecule has 7 heteroatoms. The Morgan fingerprint density at radius 3 is 2.65 bits per heavy atom. The van der Waals surface area contributed by atoms with E-state index >= 15 is 0 Å². The monoisotopic (exact) mass is 300 g/mol. The largest absolute Gasteiger partial charge is 0.497 e. The van der Waals surface area contributed by atoms with Crippen LogP contribution in [0.5, 0.6) is 11.5 Å². The first-order chi connectivity index (χ1) is 9.31. The number of benzene rings is 1. The van der Waals surface area contributed by atoms with Crippen LogP contribution in [0.4, 0.5) is 0 Å². The first-order valence-corrected chi connectivity index (χ1v) is 7.77. The van der Waals surface area contributed by atoms with Crippen molar-refractivity contribution in [2.24, 2.45) is 0 Å². The maximum absolute atomic E-state index is 11.0. The molecule has 0 aromatic heterocycles. The van der Waals surface area contributed by atoms with Crippen molar-refractivity contribution in [2.45, 2.75) is 0 Å². The molecule has 0 bridgehead atoms. The standard InChI is InChI=1S/C13H16O6S/c1-18-11-5-3-10(4-6-13(14)15)12(9-11)19-7-8-20(2,16)17/h3-6,9H,7-8H2,1-2H3,(H,14,15)/b6-4+. The Morgan fingerprint density at radius 2 is 2.10 bits per heavy atom. The number of ether oxygens (including phenoxy) is 2. The van der Waals surface area contributed by atoms with Crippen LogP contribution < -0.4 is 9.47 Å². The van der Waals surface area contributed by atoms with Crippen LogP contribution in [0.2, 0.25) is 0 Å². The van der Waals surface area contributed by atoms with E-state index in [9.17, 15) is 13.2 Å². The molecule has 0 unspecified atom stereocenters. The summed E-state index contributed by atoms with van der Waals surface area (Å²) in [7, 11) is -1.63. The van der Waals surface area contributed by atoms with Crippen molar-refractivity contribution in [3.05, 3.63) is 29.8 Å². The van der Waals surface area contributed by atoms with E-state index in [0.717, 1.165) is 12.3 Å². The molecule has 20 heavy (non-hydrogen) atoms. The molecule has 1 rings (SSSR count). The predicted molar refractivity (Wildman–Crippen MR) is 74.9 cm³/mol. The van der Waals surface area contributed by atoms with Crippen LogP contribution in [-0.4, -0.2) is 45.2 Å². The molecule has 0 aliphatic carbocycles. The molecule has 110 valence electrons. The van der Waals surface area contributed by atoms with Gasteiger partial charge in [0.15, 0.2) is 9.84 Å². The molecular formula is C13H16O6S. The molecular weight excluding hydrogens is 284 g/mol. The molecule has 0 atom stereocenters. The molecule has 0 amide bonds. The van der Waals surface area contributed by atoms with Crippen LogP contribution in [0, 0.1) is 0 Å². The highest BCUT2D eigenvalue weighted by atomic mass is 32.2. The molecule has 0 aliphatic heterocycles. The zero-order chi connectivity index (χ0) is 15.2. The van der Waals surface area contributed by atoms with E-state index in [-0.39, 0.29) is 12.4 Å². The summed E-state index contributed by atoms with van der Waals surface area (Å²) in [6, 6.07) is 4.86. The zero-order valence-electron chi connectivity index (χ0n) is 11.2. The molecule has 1 aromatic rings. The molecule has 0 heterocycles. The van der Waals surface area contributed by atoms with Crippen molar-refractivity contribution in [3.8, 4) is 11.5 Å². The molecule has 1 N–H and O–H groups in total. The van der Waals surface area contributed by atoms with Crippen molar-refractivity contribution in [3.63, 3.8) is 0 Å². The number of methoxy groups -OCH3 is 1. The molecule has 0 saturated heterocycles. The lowest BCUT2D eigenvalue weighted by Crippen LogP contribution is -2.12. The highest BCUT2D eigenvalue weighted by Gasteiger charge is 2.07. The molecule has 0 saturated carbocycles. The molecule has 6 nitrogen and oxygen atoms in total. The van der Waals surface area contributed by atoms with Gasteiger partial charge in [0, 0.05) is 24.0 Å². The Kier molecular flexibility index (Phi) is 5.57. The summed E-state index contributed by atoms with van der Waals surface area (Å²) in [5, 5.41) is 8.62. The average molecular weight is 300 g/mol. The van der Waals surface area contributed by atoms with Gasteiger partial charge in [-0.15, -0.1) is 0 Å². The van der Waals surface area contributed by atoms with E-state index in [1.807, 2.05) is 0 Å². The minimum absolute atomic E-state index is 0.0140. The number of hydrogen-bond donors (Lipinski definition) is 1. The molecule has 1 aromatic carbocycles. The van der Waals surface area contributed by atoms with E-state index in [1.165, 1.54) is 13.2 Å². The van der Waals surface area contributed by atoms with Gasteiger partial charge in [-0.2, -0.15) is 0 Å². The summed E-state index contributed by atoms with van der Waals surface area (Å²) in [4.78, 5) is 10.5. The minimum Gasteiger partial charge on any atom is -0.497 e. The van der Waals surface area contributed by atoms with Crippen LogP contribution in [0.1, 0.15) is 5.56 Å². The molecule has 0 spiro atoms. The van der Waals surface area contributed by atoms with Gasteiger partial charge in [0.05, 0.1) is 12.9 Å². The lowest BCUT2D eigenvalue weighted by molar-refractivity contribution is -0.131. The smallest absolute Gasteiger partial charge is 0.328 e. The van der Waals surface area contributed by atoms with Gasteiger partial charge in [-0.05, 0) is 18.2 Å². The second kappa shape index (κ2) is 6.95. The van der Waals surface area contributed by atoms with E-state index in [0.29, 0.717) is 17.1 Å². The highest BCUT2D eigenvalue weighted by Crippen LogP contribution is 2.26. The Hall–Kier alpha value is -2.02.